The molecule has 6 rings (SSSR count). The molecule has 0 radical (unpaired) electrons. The molecule has 11 nitrogen and oxygen atoms in total. The maximum atomic E-state index is 14.1. The number of amides is 1. The molecule has 0 bridgehead atoms. The van der Waals surface area contributed by atoms with Gasteiger partial charge in [-0.15, -0.1) is 0 Å². The van der Waals surface area contributed by atoms with Crippen molar-refractivity contribution in [2.24, 2.45) is 11.8 Å². The number of benzene rings is 3. The molecule has 1 saturated heterocycles. The number of fused-ring (bicyclic) bond motifs is 4. The van der Waals surface area contributed by atoms with E-state index in [1.165, 1.54) is 35.4 Å². The SMILES string of the molecule is CCC1CN2CCc3cc(OC)c(OC)cc3C2CC1C1Cc2cc(OC)c(OC)cc2CCN1C(=O)Oc1ccc([N+](=O)[O-])cc1. The second kappa shape index (κ2) is 13.7. The number of rotatable bonds is 8. The van der Waals surface area contributed by atoms with E-state index in [-0.39, 0.29) is 29.4 Å². The Bertz CT molecular complexity index is 1630. The molecular formula is C36H43N3O8. The first-order valence-electron chi connectivity index (χ1n) is 16.2. The van der Waals surface area contributed by atoms with Gasteiger partial charge in [0.25, 0.3) is 5.69 Å². The summed E-state index contributed by atoms with van der Waals surface area (Å²) < 4.78 is 28.6. The third-order valence-corrected chi connectivity index (χ3v) is 10.3. The van der Waals surface area contributed by atoms with Gasteiger partial charge in [0, 0.05) is 43.9 Å². The van der Waals surface area contributed by atoms with Gasteiger partial charge in [0.05, 0.1) is 33.4 Å². The summed E-state index contributed by atoms with van der Waals surface area (Å²) in [6, 6.07) is 14.0. The normalized spacial score (nSPS) is 22.2. The Morgan fingerprint density at radius 1 is 0.851 bits per heavy atom. The molecule has 0 spiro atoms. The summed E-state index contributed by atoms with van der Waals surface area (Å²) in [4.78, 5) is 29.3. The predicted octanol–water partition coefficient (Wildman–Crippen LogP) is 6.24. The lowest BCUT2D eigenvalue weighted by molar-refractivity contribution is -0.384. The van der Waals surface area contributed by atoms with Crippen molar-refractivity contribution in [3.63, 3.8) is 0 Å². The van der Waals surface area contributed by atoms with Crippen molar-refractivity contribution in [3.8, 4) is 28.7 Å². The molecule has 1 amide bonds. The number of piperidine rings is 1. The van der Waals surface area contributed by atoms with Crippen molar-refractivity contribution >= 4 is 11.8 Å². The van der Waals surface area contributed by atoms with Gasteiger partial charge in [-0.05, 0) is 96.2 Å². The first-order chi connectivity index (χ1) is 22.8. The van der Waals surface area contributed by atoms with E-state index >= 15 is 0 Å². The smallest absolute Gasteiger partial charge is 0.415 e. The molecular weight excluding hydrogens is 602 g/mol. The lowest BCUT2D eigenvalue weighted by Crippen LogP contribution is -2.54. The van der Waals surface area contributed by atoms with Gasteiger partial charge >= 0.3 is 6.09 Å². The minimum atomic E-state index is -0.470. The molecule has 3 aromatic rings. The summed E-state index contributed by atoms with van der Waals surface area (Å²) >= 11 is 0. The molecule has 0 aromatic heterocycles. The van der Waals surface area contributed by atoms with E-state index in [1.54, 1.807) is 28.4 Å². The number of nitro groups is 1. The minimum Gasteiger partial charge on any atom is -0.493 e. The van der Waals surface area contributed by atoms with Crippen LogP contribution in [-0.4, -0.2) is 74.9 Å². The molecule has 3 aromatic carbocycles. The number of hydrogen-bond donors (Lipinski definition) is 0. The molecule has 0 N–H and O–H groups in total. The highest BCUT2D eigenvalue weighted by Gasteiger charge is 2.45. The zero-order valence-corrected chi connectivity index (χ0v) is 27.7. The van der Waals surface area contributed by atoms with Crippen molar-refractivity contribution in [2.75, 3.05) is 48.1 Å². The van der Waals surface area contributed by atoms with Crippen molar-refractivity contribution < 1.29 is 33.4 Å². The number of nitrogens with zero attached hydrogens (tertiary/aromatic N) is 3. The van der Waals surface area contributed by atoms with E-state index in [1.807, 2.05) is 11.0 Å². The Morgan fingerprint density at radius 2 is 1.45 bits per heavy atom. The van der Waals surface area contributed by atoms with Crippen molar-refractivity contribution in [3.05, 3.63) is 80.9 Å². The van der Waals surface area contributed by atoms with Crippen molar-refractivity contribution in [2.45, 2.75) is 51.1 Å². The van der Waals surface area contributed by atoms with Crippen molar-refractivity contribution in [1.29, 1.82) is 0 Å². The van der Waals surface area contributed by atoms with Gasteiger partial charge in [0.2, 0.25) is 0 Å². The zero-order chi connectivity index (χ0) is 33.2. The third kappa shape index (κ3) is 6.28. The number of carbonyl (C=O) groups is 1. The maximum Gasteiger partial charge on any atom is 0.415 e. The molecule has 0 saturated carbocycles. The number of methoxy groups -OCH3 is 4. The van der Waals surface area contributed by atoms with Crippen LogP contribution in [0.2, 0.25) is 0 Å². The van der Waals surface area contributed by atoms with Crippen LogP contribution in [-0.2, 0) is 19.3 Å². The third-order valence-electron chi connectivity index (χ3n) is 10.3. The maximum absolute atomic E-state index is 14.1. The molecule has 3 aliphatic heterocycles. The van der Waals surface area contributed by atoms with E-state index in [2.05, 4.69) is 30.0 Å². The highest BCUT2D eigenvalue weighted by molar-refractivity contribution is 5.71. The number of hydrogen-bond acceptors (Lipinski definition) is 9. The van der Waals surface area contributed by atoms with Crippen LogP contribution in [0.15, 0.2) is 48.5 Å². The van der Waals surface area contributed by atoms with E-state index in [0.29, 0.717) is 36.8 Å². The minimum absolute atomic E-state index is 0.0599. The Morgan fingerprint density at radius 3 is 2.06 bits per heavy atom. The second-order valence-corrected chi connectivity index (χ2v) is 12.5. The first-order valence-corrected chi connectivity index (χ1v) is 16.2. The van der Waals surface area contributed by atoms with E-state index < -0.39 is 11.0 Å². The molecule has 250 valence electrons. The molecule has 3 aliphatic rings. The first kappa shape index (κ1) is 32.4. The van der Waals surface area contributed by atoms with Crippen LogP contribution >= 0.6 is 0 Å². The van der Waals surface area contributed by atoms with Gasteiger partial charge in [0.15, 0.2) is 23.0 Å². The van der Waals surface area contributed by atoms with E-state index in [9.17, 15) is 14.9 Å². The highest BCUT2D eigenvalue weighted by atomic mass is 16.6. The Labute approximate surface area is 275 Å². The van der Waals surface area contributed by atoms with Gasteiger partial charge in [-0.25, -0.2) is 4.79 Å². The summed E-state index contributed by atoms with van der Waals surface area (Å²) in [6.45, 7) is 4.59. The van der Waals surface area contributed by atoms with Gasteiger partial charge in [-0.3, -0.25) is 15.0 Å². The lowest BCUT2D eigenvalue weighted by Gasteiger charge is -2.50. The van der Waals surface area contributed by atoms with Crippen molar-refractivity contribution in [1.82, 2.24) is 9.80 Å². The van der Waals surface area contributed by atoms with Crippen LogP contribution in [0.25, 0.3) is 0 Å². The van der Waals surface area contributed by atoms with E-state index in [0.717, 1.165) is 55.0 Å². The Kier molecular flexibility index (Phi) is 9.45. The Hall–Kier alpha value is -4.51. The van der Waals surface area contributed by atoms with Crippen LogP contribution in [0, 0.1) is 22.0 Å². The number of ether oxygens (including phenoxy) is 5. The van der Waals surface area contributed by atoms with Crippen LogP contribution in [0.5, 0.6) is 28.7 Å². The summed E-state index contributed by atoms with van der Waals surface area (Å²) in [7, 11) is 6.60. The molecule has 47 heavy (non-hydrogen) atoms. The average Bonchev–Trinajstić information content (AvgIpc) is 3.29. The topological polar surface area (TPSA) is 113 Å². The van der Waals surface area contributed by atoms with Gasteiger partial charge in [-0.1, -0.05) is 13.3 Å². The fourth-order valence-corrected chi connectivity index (χ4v) is 7.90. The molecule has 4 unspecified atom stereocenters. The van der Waals surface area contributed by atoms with Crippen LogP contribution in [0.4, 0.5) is 10.5 Å². The fourth-order valence-electron chi connectivity index (χ4n) is 7.90. The van der Waals surface area contributed by atoms with Gasteiger partial charge in [-0.2, -0.15) is 0 Å². The summed E-state index contributed by atoms with van der Waals surface area (Å²) in [5.74, 6) is 3.58. The van der Waals surface area contributed by atoms with Crippen LogP contribution in [0.1, 0.15) is 48.1 Å². The fraction of sp³-hybridized carbons (Fsp3) is 0.472. The second-order valence-electron chi connectivity index (χ2n) is 12.5. The number of carbonyl (C=O) groups excluding carboxylic acids is 1. The summed E-state index contributed by atoms with van der Waals surface area (Å²) in [5, 5.41) is 11.2. The van der Waals surface area contributed by atoms with Gasteiger partial charge < -0.3 is 28.6 Å². The number of non-ortho nitro benzene ring substituents is 1. The zero-order valence-electron chi connectivity index (χ0n) is 27.7. The van der Waals surface area contributed by atoms with Gasteiger partial charge in [0.1, 0.15) is 5.75 Å². The molecule has 3 heterocycles. The summed E-state index contributed by atoms with van der Waals surface area (Å²) in [5.41, 5.74) is 4.72. The molecule has 4 atom stereocenters. The quantitative estimate of drug-likeness (QED) is 0.207. The average molecular weight is 646 g/mol. The lowest BCUT2D eigenvalue weighted by atomic mass is 9.71. The highest BCUT2D eigenvalue weighted by Crippen LogP contribution is 2.48. The Balaban J connectivity index is 1.38. The van der Waals surface area contributed by atoms with Crippen LogP contribution < -0.4 is 23.7 Å². The van der Waals surface area contributed by atoms with Crippen LogP contribution in [0.3, 0.4) is 0 Å². The van der Waals surface area contributed by atoms with E-state index in [4.69, 9.17) is 23.7 Å². The molecule has 0 aliphatic carbocycles. The monoisotopic (exact) mass is 645 g/mol. The number of nitro benzene ring substituents is 1. The molecule has 11 heteroatoms. The largest absolute Gasteiger partial charge is 0.493 e. The molecule has 1 fully saturated rings. The standard InChI is InChI=1S/C36H43N3O8/c1-6-22-21-37-13-11-24-17-33(44-3)35(46-5)20-29(24)30(37)19-28(22)31-15-25-18-34(45-4)32(43-2)16-23(25)12-14-38(31)36(40)47-27-9-7-26(8-10-27)39(41)42/h7-10,16-18,20,22,28,30-31H,6,11-15,19,21H2,1-5H3. The predicted molar refractivity (Wildman–Crippen MR) is 176 cm³/mol. The summed E-state index contributed by atoms with van der Waals surface area (Å²) in [6.07, 6.45) is 3.60.